The van der Waals surface area contributed by atoms with Crippen molar-refractivity contribution in [1.82, 2.24) is 0 Å². The molecule has 0 atom stereocenters. The first-order chi connectivity index (χ1) is 5.24. The van der Waals surface area contributed by atoms with Gasteiger partial charge in [0.1, 0.15) is 0 Å². The highest BCUT2D eigenvalue weighted by Crippen LogP contribution is 2.15. The monoisotopic (exact) mass is 214 g/mol. The highest BCUT2D eigenvalue weighted by atomic mass is 79.9. The molecule has 0 aliphatic rings. The fourth-order valence-electron chi connectivity index (χ4n) is 1.03. The predicted octanol–water partition coefficient (Wildman–Crippen LogP) is 2.29. The van der Waals surface area contributed by atoms with E-state index in [2.05, 4.69) is 28.9 Å². The molecule has 0 saturated heterocycles. The van der Waals surface area contributed by atoms with Gasteiger partial charge in [0.2, 0.25) is 0 Å². The van der Waals surface area contributed by atoms with Gasteiger partial charge in [0.05, 0.1) is 0 Å². The number of aliphatic hydroxyl groups excluding tert-OH is 1. The number of halogens is 1. The lowest BCUT2D eigenvalue weighted by molar-refractivity contribution is 0.299. The summed E-state index contributed by atoms with van der Waals surface area (Å²) in [5, 5.41) is 8.72. The summed E-state index contributed by atoms with van der Waals surface area (Å²) in [4.78, 5) is 0. The van der Waals surface area contributed by atoms with Crippen LogP contribution in [0.4, 0.5) is 0 Å². The van der Waals surface area contributed by atoms with Gasteiger partial charge in [-0.3, -0.25) is 0 Å². The van der Waals surface area contributed by atoms with Gasteiger partial charge < -0.3 is 5.11 Å². The fourth-order valence-corrected chi connectivity index (χ4v) is 1.44. The van der Waals surface area contributed by atoms with Crippen LogP contribution in [-0.2, 0) is 6.42 Å². The second kappa shape index (κ2) is 3.88. The molecule has 0 radical (unpaired) electrons. The average molecular weight is 215 g/mol. The van der Waals surface area contributed by atoms with Gasteiger partial charge in [-0.1, -0.05) is 22.0 Å². The van der Waals surface area contributed by atoms with E-state index in [0.29, 0.717) is 0 Å². The van der Waals surface area contributed by atoms with E-state index < -0.39 is 0 Å². The largest absolute Gasteiger partial charge is 0.396 e. The number of aliphatic hydroxyl groups is 1. The molecule has 1 rings (SSSR count). The van der Waals surface area contributed by atoms with Crippen LogP contribution in [0.5, 0.6) is 0 Å². The van der Waals surface area contributed by atoms with E-state index in [1.54, 1.807) is 0 Å². The highest BCUT2D eigenvalue weighted by molar-refractivity contribution is 9.10. The Morgan fingerprint density at radius 1 is 1.45 bits per heavy atom. The molecule has 0 saturated carbocycles. The number of hydrogen-bond acceptors (Lipinski definition) is 1. The zero-order valence-corrected chi connectivity index (χ0v) is 8.06. The van der Waals surface area contributed by atoms with Crippen LogP contribution in [0.25, 0.3) is 0 Å². The molecular formula is C9H11BrO. The standard InChI is InChI=1S/C9H11BrO/c1-7-2-3-9(10)6-8(7)4-5-11/h2-3,6,11H,4-5H2,1H3. The molecule has 1 nitrogen and oxygen atoms in total. The smallest absolute Gasteiger partial charge is 0.0471 e. The minimum Gasteiger partial charge on any atom is -0.396 e. The normalized spacial score (nSPS) is 10.1. The Morgan fingerprint density at radius 3 is 2.82 bits per heavy atom. The molecule has 1 aromatic rings. The minimum atomic E-state index is 0.220. The van der Waals surface area contributed by atoms with Crippen molar-refractivity contribution < 1.29 is 5.11 Å². The molecule has 1 aromatic carbocycles. The molecular weight excluding hydrogens is 204 g/mol. The minimum absolute atomic E-state index is 0.220. The lowest BCUT2D eigenvalue weighted by atomic mass is 10.1. The van der Waals surface area contributed by atoms with Crippen LogP contribution in [0, 0.1) is 6.92 Å². The van der Waals surface area contributed by atoms with E-state index in [9.17, 15) is 0 Å². The fraction of sp³-hybridized carbons (Fsp3) is 0.333. The Hall–Kier alpha value is -0.340. The van der Waals surface area contributed by atoms with Crippen LogP contribution in [0.2, 0.25) is 0 Å². The lowest BCUT2D eigenvalue weighted by Crippen LogP contribution is -1.93. The van der Waals surface area contributed by atoms with Crippen molar-refractivity contribution in [3.8, 4) is 0 Å². The Balaban J connectivity index is 2.93. The van der Waals surface area contributed by atoms with Crippen molar-refractivity contribution in [2.45, 2.75) is 13.3 Å². The van der Waals surface area contributed by atoms with Crippen molar-refractivity contribution in [2.24, 2.45) is 0 Å². The van der Waals surface area contributed by atoms with E-state index in [-0.39, 0.29) is 6.61 Å². The third-order valence-electron chi connectivity index (χ3n) is 1.69. The molecule has 0 heterocycles. The van der Waals surface area contributed by atoms with Crippen molar-refractivity contribution in [3.63, 3.8) is 0 Å². The van der Waals surface area contributed by atoms with Crippen LogP contribution >= 0.6 is 15.9 Å². The topological polar surface area (TPSA) is 20.2 Å². The van der Waals surface area contributed by atoms with E-state index in [4.69, 9.17) is 5.11 Å². The van der Waals surface area contributed by atoms with Crippen LogP contribution in [0.3, 0.4) is 0 Å². The van der Waals surface area contributed by atoms with Gasteiger partial charge >= 0.3 is 0 Å². The molecule has 0 bridgehead atoms. The summed E-state index contributed by atoms with van der Waals surface area (Å²) in [5.74, 6) is 0. The number of hydrogen-bond donors (Lipinski definition) is 1. The number of aryl methyl sites for hydroxylation is 1. The second-order valence-corrected chi connectivity index (χ2v) is 3.46. The molecule has 0 fully saturated rings. The van der Waals surface area contributed by atoms with Crippen molar-refractivity contribution in [2.75, 3.05) is 6.61 Å². The second-order valence-electron chi connectivity index (χ2n) is 2.54. The number of benzene rings is 1. The average Bonchev–Trinajstić information content (AvgIpc) is 1.98. The van der Waals surface area contributed by atoms with E-state index >= 15 is 0 Å². The summed E-state index contributed by atoms with van der Waals surface area (Å²) in [6, 6.07) is 6.11. The van der Waals surface area contributed by atoms with Crippen molar-refractivity contribution in [1.29, 1.82) is 0 Å². The summed E-state index contributed by atoms with van der Waals surface area (Å²) in [6.45, 7) is 2.27. The molecule has 0 spiro atoms. The third kappa shape index (κ3) is 2.31. The maximum Gasteiger partial charge on any atom is 0.0471 e. The van der Waals surface area contributed by atoms with Crippen LogP contribution in [0.1, 0.15) is 11.1 Å². The Morgan fingerprint density at radius 2 is 2.18 bits per heavy atom. The maximum atomic E-state index is 8.72. The zero-order valence-electron chi connectivity index (χ0n) is 6.47. The molecule has 0 aromatic heterocycles. The van der Waals surface area contributed by atoms with Crippen molar-refractivity contribution >= 4 is 15.9 Å². The van der Waals surface area contributed by atoms with Gasteiger partial charge in [-0.25, -0.2) is 0 Å². The first-order valence-electron chi connectivity index (χ1n) is 3.60. The zero-order chi connectivity index (χ0) is 8.27. The van der Waals surface area contributed by atoms with E-state index in [1.807, 2.05) is 12.1 Å². The van der Waals surface area contributed by atoms with Crippen molar-refractivity contribution in [3.05, 3.63) is 33.8 Å². The summed E-state index contributed by atoms with van der Waals surface area (Å²) in [7, 11) is 0. The first-order valence-corrected chi connectivity index (χ1v) is 4.39. The predicted molar refractivity (Wildman–Crippen MR) is 49.7 cm³/mol. The van der Waals surface area contributed by atoms with Crippen LogP contribution in [0.15, 0.2) is 22.7 Å². The van der Waals surface area contributed by atoms with Gasteiger partial charge in [-0.15, -0.1) is 0 Å². The summed E-state index contributed by atoms with van der Waals surface area (Å²) in [6.07, 6.45) is 0.741. The van der Waals surface area contributed by atoms with Gasteiger partial charge in [0, 0.05) is 11.1 Å². The quantitative estimate of drug-likeness (QED) is 0.802. The highest BCUT2D eigenvalue weighted by Gasteiger charge is 1.97. The van der Waals surface area contributed by atoms with Gasteiger partial charge in [0.15, 0.2) is 0 Å². The Kier molecular flexibility index (Phi) is 3.09. The number of rotatable bonds is 2. The molecule has 0 unspecified atom stereocenters. The third-order valence-corrected chi connectivity index (χ3v) is 2.19. The van der Waals surface area contributed by atoms with Crippen LogP contribution < -0.4 is 0 Å². The molecule has 0 aliphatic carbocycles. The van der Waals surface area contributed by atoms with Gasteiger partial charge in [-0.05, 0) is 36.6 Å². The molecule has 0 aliphatic heterocycles. The van der Waals surface area contributed by atoms with Gasteiger partial charge in [-0.2, -0.15) is 0 Å². The Bertz CT molecular complexity index is 245. The lowest BCUT2D eigenvalue weighted by Gasteiger charge is -2.03. The molecule has 2 heteroatoms. The van der Waals surface area contributed by atoms with E-state index in [1.165, 1.54) is 11.1 Å². The SMILES string of the molecule is Cc1ccc(Br)cc1CCO. The molecule has 60 valence electrons. The Labute approximate surface area is 75.2 Å². The first kappa shape index (κ1) is 8.75. The molecule has 1 N–H and O–H groups in total. The molecule has 11 heavy (non-hydrogen) atoms. The summed E-state index contributed by atoms with van der Waals surface area (Å²) in [5.41, 5.74) is 2.45. The molecule has 0 amide bonds. The maximum absolute atomic E-state index is 8.72. The van der Waals surface area contributed by atoms with E-state index in [0.717, 1.165) is 10.9 Å². The van der Waals surface area contributed by atoms with Gasteiger partial charge in [0.25, 0.3) is 0 Å². The summed E-state index contributed by atoms with van der Waals surface area (Å²) >= 11 is 3.38. The van der Waals surface area contributed by atoms with Crippen LogP contribution in [-0.4, -0.2) is 11.7 Å². The summed E-state index contributed by atoms with van der Waals surface area (Å²) < 4.78 is 1.08.